The summed E-state index contributed by atoms with van der Waals surface area (Å²) in [5.74, 6) is -0.602. The number of fused-ring (bicyclic) bond motifs is 1. The van der Waals surface area contributed by atoms with Crippen molar-refractivity contribution in [2.24, 2.45) is 5.92 Å². The molecule has 0 unspecified atom stereocenters. The van der Waals surface area contributed by atoms with Gasteiger partial charge in [0.2, 0.25) is 0 Å². The van der Waals surface area contributed by atoms with Gasteiger partial charge in [0.1, 0.15) is 12.2 Å². The van der Waals surface area contributed by atoms with Crippen molar-refractivity contribution in [2.75, 3.05) is 6.61 Å². The lowest BCUT2D eigenvalue weighted by Gasteiger charge is -2.24. The number of aliphatic hydroxyl groups excluding tert-OH is 2. The Bertz CT molecular complexity index is 447. The fourth-order valence-electron chi connectivity index (χ4n) is 2.63. The number of carbonyl (C=O) groups excluding carboxylic acids is 1. The van der Waals surface area contributed by atoms with E-state index in [1.165, 1.54) is 0 Å². The van der Waals surface area contributed by atoms with E-state index in [-0.39, 0.29) is 12.5 Å². The predicted octanol–water partition coefficient (Wildman–Crippen LogP) is 1.49. The molecule has 104 valence electrons. The molecule has 2 N–H and O–H groups in total. The Morgan fingerprint density at radius 1 is 1.47 bits per heavy atom. The van der Waals surface area contributed by atoms with Crippen LogP contribution in [0.25, 0.3) is 0 Å². The summed E-state index contributed by atoms with van der Waals surface area (Å²) in [6.45, 7) is 5.62. The van der Waals surface area contributed by atoms with Gasteiger partial charge in [-0.2, -0.15) is 0 Å². The fraction of sp³-hybridized carbons (Fsp3) is 0.533. The second kappa shape index (κ2) is 5.72. The zero-order valence-corrected chi connectivity index (χ0v) is 11.1. The molecule has 2 rings (SSSR count). The van der Waals surface area contributed by atoms with Crippen LogP contribution in [0.15, 0.2) is 35.5 Å². The van der Waals surface area contributed by atoms with Crippen LogP contribution in [-0.4, -0.2) is 35.0 Å². The molecule has 1 aliphatic carbocycles. The smallest absolute Gasteiger partial charge is 0.334 e. The summed E-state index contributed by atoms with van der Waals surface area (Å²) in [7, 11) is 0. The molecule has 2 aliphatic rings. The van der Waals surface area contributed by atoms with Crippen molar-refractivity contribution in [2.45, 2.75) is 38.4 Å². The summed E-state index contributed by atoms with van der Waals surface area (Å²) in [4.78, 5) is 11.6. The fourth-order valence-corrected chi connectivity index (χ4v) is 2.63. The van der Waals surface area contributed by atoms with Gasteiger partial charge < -0.3 is 14.9 Å². The minimum atomic E-state index is -0.780. The van der Waals surface area contributed by atoms with Crippen molar-refractivity contribution in [3.63, 3.8) is 0 Å². The lowest BCUT2D eigenvalue weighted by atomic mass is 9.85. The van der Waals surface area contributed by atoms with E-state index in [0.717, 1.165) is 11.1 Å². The second-order valence-electron chi connectivity index (χ2n) is 5.19. The van der Waals surface area contributed by atoms with Crippen molar-refractivity contribution in [1.29, 1.82) is 0 Å². The third kappa shape index (κ3) is 2.80. The molecule has 0 aromatic heterocycles. The zero-order chi connectivity index (χ0) is 14.0. The first-order chi connectivity index (χ1) is 9.04. The van der Waals surface area contributed by atoms with Gasteiger partial charge in [-0.1, -0.05) is 18.7 Å². The van der Waals surface area contributed by atoms with E-state index in [4.69, 9.17) is 4.74 Å². The minimum absolute atomic E-state index is 0.0219. The van der Waals surface area contributed by atoms with Gasteiger partial charge in [-0.15, -0.1) is 0 Å². The second-order valence-corrected chi connectivity index (χ2v) is 5.19. The molecular weight excluding hydrogens is 244 g/mol. The van der Waals surface area contributed by atoms with Crippen LogP contribution in [0.2, 0.25) is 0 Å². The van der Waals surface area contributed by atoms with Crippen molar-refractivity contribution >= 4 is 5.97 Å². The minimum Gasteiger partial charge on any atom is -0.455 e. The Morgan fingerprint density at radius 2 is 2.21 bits per heavy atom. The maximum Gasteiger partial charge on any atom is 0.334 e. The number of hydrogen-bond donors (Lipinski definition) is 2. The third-order valence-electron chi connectivity index (χ3n) is 3.95. The molecule has 0 bridgehead atoms. The molecule has 0 saturated carbocycles. The van der Waals surface area contributed by atoms with Gasteiger partial charge in [0.25, 0.3) is 0 Å². The van der Waals surface area contributed by atoms with E-state index in [1.807, 2.05) is 19.1 Å². The third-order valence-corrected chi connectivity index (χ3v) is 3.95. The molecular formula is C15H20O4. The average molecular weight is 264 g/mol. The molecule has 0 aromatic carbocycles. The van der Waals surface area contributed by atoms with Crippen LogP contribution in [0, 0.1) is 5.92 Å². The van der Waals surface area contributed by atoms with Crippen molar-refractivity contribution < 1.29 is 19.7 Å². The Labute approximate surface area is 113 Å². The quantitative estimate of drug-likeness (QED) is 0.428. The first kappa shape index (κ1) is 14.0. The topological polar surface area (TPSA) is 66.8 Å². The monoisotopic (exact) mass is 264 g/mol. The van der Waals surface area contributed by atoms with Gasteiger partial charge in [-0.3, -0.25) is 0 Å². The first-order valence-electron chi connectivity index (χ1n) is 6.58. The van der Waals surface area contributed by atoms with Gasteiger partial charge in [0.15, 0.2) is 0 Å². The van der Waals surface area contributed by atoms with Gasteiger partial charge in [0.05, 0.1) is 6.61 Å². The molecule has 1 aliphatic heterocycles. The predicted molar refractivity (Wildman–Crippen MR) is 71.3 cm³/mol. The first-order valence-corrected chi connectivity index (χ1v) is 6.58. The molecule has 3 atom stereocenters. The summed E-state index contributed by atoms with van der Waals surface area (Å²) in [5.41, 5.74) is 2.16. The summed E-state index contributed by atoms with van der Waals surface area (Å²) >= 11 is 0. The Kier molecular flexibility index (Phi) is 4.22. The molecule has 0 amide bonds. The van der Waals surface area contributed by atoms with Crippen molar-refractivity contribution in [3.8, 4) is 0 Å². The molecule has 1 heterocycles. The number of aliphatic hydroxyl groups is 2. The maximum atomic E-state index is 11.6. The molecule has 0 spiro atoms. The number of hydrogen-bond acceptors (Lipinski definition) is 4. The molecule has 1 fully saturated rings. The molecule has 19 heavy (non-hydrogen) atoms. The molecule has 4 heteroatoms. The van der Waals surface area contributed by atoms with E-state index in [2.05, 4.69) is 6.58 Å². The van der Waals surface area contributed by atoms with Crippen LogP contribution in [0.4, 0.5) is 0 Å². The van der Waals surface area contributed by atoms with Gasteiger partial charge in [0, 0.05) is 11.5 Å². The normalized spacial score (nSPS) is 37.7. The van der Waals surface area contributed by atoms with Gasteiger partial charge >= 0.3 is 5.97 Å². The Hall–Kier alpha value is -1.39. The zero-order valence-electron chi connectivity index (χ0n) is 11.1. The summed E-state index contributed by atoms with van der Waals surface area (Å²) < 4.78 is 5.25. The molecule has 0 radical (unpaired) electrons. The molecule has 0 aromatic rings. The van der Waals surface area contributed by atoms with E-state index in [9.17, 15) is 15.0 Å². The highest BCUT2D eigenvalue weighted by Gasteiger charge is 2.42. The van der Waals surface area contributed by atoms with Crippen LogP contribution in [0.1, 0.15) is 26.2 Å². The highest BCUT2D eigenvalue weighted by Crippen LogP contribution is 2.35. The van der Waals surface area contributed by atoms with Crippen molar-refractivity contribution in [1.82, 2.24) is 0 Å². The van der Waals surface area contributed by atoms with E-state index in [1.54, 1.807) is 0 Å². The average Bonchev–Trinajstić information content (AvgIpc) is 2.68. The van der Waals surface area contributed by atoms with Crippen LogP contribution >= 0.6 is 0 Å². The van der Waals surface area contributed by atoms with Crippen LogP contribution in [0.3, 0.4) is 0 Å². The van der Waals surface area contributed by atoms with E-state index in [0.29, 0.717) is 24.8 Å². The summed E-state index contributed by atoms with van der Waals surface area (Å²) in [6.07, 6.45) is 4.56. The SMILES string of the molecule is C=C1C(=O)O[C@@H]2[C@H](O)/C(C)=C\C/C=C(/CO)CC[C@@H]12. The van der Waals surface area contributed by atoms with Crippen molar-refractivity contribution in [3.05, 3.63) is 35.5 Å². The number of ether oxygens (including phenoxy) is 1. The highest BCUT2D eigenvalue weighted by molar-refractivity contribution is 5.90. The van der Waals surface area contributed by atoms with Crippen LogP contribution in [0.5, 0.6) is 0 Å². The number of carbonyl (C=O) groups is 1. The lowest BCUT2D eigenvalue weighted by Crippen LogP contribution is -2.33. The Morgan fingerprint density at radius 3 is 2.89 bits per heavy atom. The summed E-state index contributed by atoms with van der Waals surface area (Å²) in [5, 5.41) is 19.6. The van der Waals surface area contributed by atoms with Gasteiger partial charge in [-0.05, 0) is 37.3 Å². The maximum absolute atomic E-state index is 11.6. The number of rotatable bonds is 1. The Balaban J connectivity index is 2.30. The van der Waals surface area contributed by atoms with Crippen LogP contribution in [-0.2, 0) is 9.53 Å². The van der Waals surface area contributed by atoms with Crippen LogP contribution < -0.4 is 0 Å². The van der Waals surface area contributed by atoms with Gasteiger partial charge in [-0.25, -0.2) is 4.79 Å². The number of allylic oxidation sites excluding steroid dienone is 2. The highest BCUT2D eigenvalue weighted by atomic mass is 16.6. The molecule has 1 saturated heterocycles. The number of esters is 1. The molecule has 4 nitrogen and oxygen atoms in total. The van der Waals surface area contributed by atoms with E-state index < -0.39 is 18.2 Å². The summed E-state index contributed by atoms with van der Waals surface area (Å²) in [6, 6.07) is 0. The van der Waals surface area contributed by atoms with E-state index >= 15 is 0 Å². The largest absolute Gasteiger partial charge is 0.455 e. The standard InChI is InChI=1S/C15H20O4/c1-9-4-3-5-11(8-16)6-7-12-10(2)15(18)19-14(12)13(9)17/h4-5,12-14,16-17H,2-3,6-8H2,1H3/b9-4-,11-5+/t12-,13+,14-/m0/s1. The lowest BCUT2D eigenvalue weighted by molar-refractivity contribution is -0.142.